The molecule has 0 atom stereocenters. The van der Waals surface area contributed by atoms with Crippen LogP contribution in [0.1, 0.15) is 12.5 Å². The minimum Gasteiger partial charge on any atom is -0.496 e. The molecule has 0 fully saturated rings. The van der Waals surface area contributed by atoms with Crippen molar-refractivity contribution < 1.29 is 19.0 Å². The van der Waals surface area contributed by atoms with Crippen molar-refractivity contribution in [2.45, 2.75) is 6.92 Å². The van der Waals surface area contributed by atoms with E-state index in [2.05, 4.69) is 0 Å². The second-order valence-electron chi connectivity index (χ2n) is 3.02. The summed E-state index contributed by atoms with van der Waals surface area (Å²) in [4.78, 5) is 10.6. The van der Waals surface area contributed by atoms with Crippen LogP contribution in [0.3, 0.4) is 0 Å². The molecule has 0 unspecified atom stereocenters. The van der Waals surface area contributed by atoms with Crippen molar-refractivity contribution >= 4 is 12.0 Å². The number of rotatable bonds is 3. The van der Waals surface area contributed by atoms with Crippen LogP contribution in [0.4, 0.5) is 4.39 Å². The molecule has 0 radical (unpaired) electrons. The van der Waals surface area contributed by atoms with Gasteiger partial charge in [0.1, 0.15) is 11.6 Å². The Bertz CT molecular complexity index is 410. The van der Waals surface area contributed by atoms with Gasteiger partial charge in [0.05, 0.1) is 7.11 Å². The number of carboxylic acids is 1. The van der Waals surface area contributed by atoms with E-state index in [0.717, 1.165) is 0 Å². The number of hydrogen-bond donors (Lipinski definition) is 1. The molecule has 15 heavy (non-hydrogen) atoms. The maximum Gasteiger partial charge on any atom is 0.331 e. The highest BCUT2D eigenvalue weighted by atomic mass is 19.1. The molecule has 1 aromatic rings. The highest BCUT2D eigenvalue weighted by molar-refractivity contribution is 5.91. The first kappa shape index (κ1) is 11.2. The molecule has 80 valence electrons. The van der Waals surface area contributed by atoms with Crippen molar-refractivity contribution in [3.8, 4) is 5.75 Å². The first-order chi connectivity index (χ1) is 7.04. The average Bonchev–Trinajstić information content (AvgIpc) is 2.20. The van der Waals surface area contributed by atoms with Gasteiger partial charge in [0.25, 0.3) is 0 Å². The molecule has 0 heterocycles. The first-order valence-electron chi connectivity index (χ1n) is 4.29. The van der Waals surface area contributed by atoms with E-state index in [9.17, 15) is 9.18 Å². The predicted octanol–water partition coefficient (Wildman–Crippen LogP) is 2.32. The molecule has 0 saturated heterocycles. The molecule has 0 aromatic heterocycles. The van der Waals surface area contributed by atoms with E-state index >= 15 is 0 Å². The highest BCUT2D eigenvalue weighted by Crippen LogP contribution is 2.22. The lowest BCUT2D eigenvalue weighted by Gasteiger charge is -2.04. The third-order valence-corrected chi connectivity index (χ3v) is 1.90. The Hall–Kier alpha value is -1.84. The van der Waals surface area contributed by atoms with Gasteiger partial charge in [-0.15, -0.1) is 0 Å². The number of halogens is 1. The molecule has 0 aliphatic heterocycles. The van der Waals surface area contributed by atoms with Crippen molar-refractivity contribution in [2.75, 3.05) is 7.11 Å². The molecular weight excluding hydrogens is 199 g/mol. The quantitative estimate of drug-likeness (QED) is 0.779. The van der Waals surface area contributed by atoms with Crippen molar-refractivity contribution in [2.24, 2.45) is 0 Å². The van der Waals surface area contributed by atoms with Crippen LogP contribution in [-0.2, 0) is 4.79 Å². The van der Waals surface area contributed by atoms with Gasteiger partial charge in [0, 0.05) is 17.2 Å². The standard InChI is InChI=1S/C11H11FO3/c1-7(11(13)14)5-8-3-4-9(12)6-10(8)15-2/h3-6H,1-2H3,(H,13,14)/b7-5+. The van der Waals surface area contributed by atoms with Crippen LogP contribution in [0, 0.1) is 5.82 Å². The van der Waals surface area contributed by atoms with Gasteiger partial charge in [-0.25, -0.2) is 9.18 Å². The van der Waals surface area contributed by atoms with Crippen LogP contribution in [0.2, 0.25) is 0 Å². The van der Waals surface area contributed by atoms with Gasteiger partial charge in [0.2, 0.25) is 0 Å². The number of carbonyl (C=O) groups is 1. The summed E-state index contributed by atoms with van der Waals surface area (Å²) in [7, 11) is 1.40. The number of aliphatic carboxylic acids is 1. The Kier molecular flexibility index (Phi) is 3.44. The van der Waals surface area contributed by atoms with Gasteiger partial charge in [0.15, 0.2) is 0 Å². The maximum absolute atomic E-state index is 12.8. The first-order valence-corrected chi connectivity index (χ1v) is 4.29. The van der Waals surface area contributed by atoms with E-state index in [0.29, 0.717) is 11.3 Å². The smallest absolute Gasteiger partial charge is 0.331 e. The monoisotopic (exact) mass is 210 g/mol. The summed E-state index contributed by atoms with van der Waals surface area (Å²) in [5.41, 5.74) is 0.707. The van der Waals surface area contributed by atoms with E-state index in [1.165, 1.54) is 38.3 Å². The van der Waals surface area contributed by atoms with Crippen molar-refractivity contribution in [3.05, 3.63) is 35.2 Å². The molecule has 4 heteroatoms. The minimum atomic E-state index is -1.01. The Balaban J connectivity index is 3.15. The van der Waals surface area contributed by atoms with Gasteiger partial charge in [-0.05, 0) is 25.1 Å². The SMILES string of the molecule is COc1cc(F)ccc1/C=C(\C)C(=O)O. The summed E-state index contributed by atoms with van der Waals surface area (Å²) in [6.07, 6.45) is 1.43. The Morgan fingerprint density at radius 2 is 2.20 bits per heavy atom. The number of methoxy groups -OCH3 is 1. The van der Waals surface area contributed by atoms with Crippen molar-refractivity contribution in [3.63, 3.8) is 0 Å². The second kappa shape index (κ2) is 4.59. The summed E-state index contributed by atoms with van der Waals surface area (Å²) < 4.78 is 17.7. The molecule has 0 aliphatic rings. The molecule has 3 nitrogen and oxygen atoms in total. The van der Waals surface area contributed by atoms with Gasteiger partial charge >= 0.3 is 5.97 Å². The lowest BCUT2D eigenvalue weighted by atomic mass is 10.1. The zero-order valence-corrected chi connectivity index (χ0v) is 8.45. The van der Waals surface area contributed by atoms with Crippen LogP contribution < -0.4 is 4.74 Å². The van der Waals surface area contributed by atoms with Crippen molar-refractivity contribution in [1.29, 1.82) is 0 Å². The molecule has 0 saturated carbocycles. The second-order valence-corrected chi connectivity index (χ2v) is 3.02. The Morgan fingerprint density at radius 1 is 1.53 bits per heavy atom. The van der Waals surface area contributed by atoms with Crippen LogP contribution >= 0.6 is 0 Å². The lowest BCUT2D eigenvalue weighted by Crippen LogP contribution is -1.96. The summed E-state index contributed by atoms with van der Waals surface area (Å²) in [6.45, 7) is 1.46. The summed E-state index contributed by atoms with van der Waals surface area (Å²) >= 11 is 0. The number of carboxylic acid groups (broad SMARTS) is 1. The number of benzene rings is 1. The molecule has 0 aliphatic carbocycles. The van der Waals surface area contributed by atoms with Crippen LogP contribution in [0.5, 0.6) is 5.75 Å². The van der Waals surface area contributed by atoms with Crippen LogP contribution in [-0.4, -0.2) is 18.2 Å². The topological polar surface area (TPSA) is 46.5 Å². The molecular formula is C11H11FO3. The van der Waals surface area contributed by atoms with Gasteiger partial charge < -0.3 is 9.84 Å². The van der Waals surface area contributed by atoms with E-state index < -0.39 is 11.8 Å². The summed E-state index contributed by atoms with van der Waals surface area (Å²) in [6, 6.07) is 3.94. The fraction of sp³-hybridized carbons (Fsp3) is 0.182. The van der Waals surface area contributed by atoms with Crippen LogP contribution in [0.15, 0.2) is 23.8 Å². The minimum absolute atomic E-state index is 0.167. The lowest BCUT2D eigenvalue weighted by molar-refractivity contribution is -0.132. The summed E-state index contributed by atoms with van der Waals surface area (Å²) in [5.74, 6) is -1.12. The Morgan fingerprint density at radius 3 is 2.73 bits per heavy atom. The molecule has 0 spiro atoms. The van der Waals surface area contributed by atoms with E-state index in [1.54, 1.807) is 0 Å². The van der Waals surface area contributed by atoms with Crippen molar-refractivity contribution in [1.82, 2.24) is 0 Å². The molecule has 0 bridgehead atoms. The average molecular weight is 210 g/mol. The third kappa shape index (κ3) is 2.80. The van der Waals surface area contributed by atoms with Crippen LogP contribution in [0.25, 0.3) is 6.08 Å². The van der Waals surface area contributed by atoms with Gasteiger partial charge in [-0.2, -0.15) is 0 Å². The fourth-order valence-electron chi connectivity index (χ4n) is 1.10. The Labute approximate surface area is 86.8 Å². The largest absolute Gasteiger partial charge is 0.496 e. The third-order valence-electron chi connectivity index (χ3n) is 1.90. The number of hydrogen-bond acceptors (Lipinski definition) is 2. The van der Waals surface area contributed by atoms with Gasteiger partial charge in [-0.1, -0.05) is 0 Å². The summed E-state index contributed by atoms with van der Waals surface area (Å²) in [5, 5.41) is 8.68. The van der Waals surface area contributed by atoms with Gasteiger partial charge in [-0.3, -0.25) is 0 Å². The molecule has 0 amide bonds. The molecule has 1 N–H and O–H groups in total. The molecule has 1 rings (SSSR count). The highest BCUT2D eigenvalue weighted by Gasteiger charge is 2.05. The predicted molar refractivity (Wildman–Crippen MR) is 54.2 cm³/mol. The maximum atomic E-state index is 12.8. The van der Waals surface area contributed by atoms with E-state index in [-0.39, 0.29) is 5.57 Å². The molecule has 1 aromatic carbocycles. The van der Waals surface area contributed by atoms with E-state index in [4.69, 9.17) is 9.84 Å². The van der Waals surface area contributed by atoms with E-state index in [1.807, 2.05) is 0 Å². The zero-order valence-electron chi connectivity index (χ0n) is 8.45. The zero-order chi connectivity index (χ0) is 11.4. The normalized spacial score (nSPS) is 11.3. The number of ether oxygens (including phenoxy) is 1. The fourth-order valence-corrected chi connectivity index (χ4v) is 1.10.